The number of rotatable bonds is 11. The van der Waals surface area contributed by atoms with Gasteiger partial charge in [-0.25, -0.2) is 18.4 Å². The summed E-state index contributed by atoms with van der Waals surface area (Å²) in [6.45, 7) is 0. The minimum Gasteiger partial charge on any atom is -0.508 e. The molecule has 11 nitrogen and oxygen atoms in total. The largest absolute Gasteiger partial charge is 0.508 e. The van der Waals surface area contributed by atoms with E-state index in [9.17, 15) is 18.3 Å². The lowest BCUT2D eigenvalue weighted by Crippen LogP contribution is -2.17. The zero-order valence-corrected chi connectivity index (χ0v) is 24.2. The van der Waals surface area contributed by atoms with Gasteiger partial charge in [0.25, 0.3) is 10.0 Å². The molecule has 0 radical (unpaired) electrons. The number of nitrogens with zero attached hydrogens (tertiary/aromatic N) is 2. The second-order valence-electron chi connectivity index (χ2n) is 9.48. The normalized spacial score (nSPS) is 11.1. The van der Waals surface area contributed by atoms with Gasteiger partial charge in [0.1, 0.15) is 17.2 Å². The second kappa shape index (κ2) is 12.7. The van der Waals surface area contributed by atoms with Crippen molar-refractivity contribution in [3.63, 3.8) is 0 Å². The van der Waals surface area contributed by atoms with Crippen LogP contribution >= 0.6 is 0 Å². The Labute approximate surface area is 248 Å². The van der Waals surface area contributed by atoms with Crippen molar-refractivity contribution in [2.24, 2.45) is 0 Å². The molecule has 0 bridgehead atoms. The molecule has 1 heterocycles. The van der Waals surface area contributed by atoms with E-state index >= 15 is 0 Å². The van der Waals surface area contributed by atoms with Gasteiger partial charge in [-0.2, -0.15) is 0 Å². The second-order valence-corrected chi connectivity index (χ2v) is 11.2. The van der Waals surface area contributed by atoms with Crippen molar-refractivity contribution in [1.82, 2.24) is 9.97 Å². The van der Waals surface area contributed by atoms with Gasteiger partial charge < -0.3 is 25.2 Å². The molecule has 5 rings (SSSR count). The quantitative estimate of drug-likeness (QED) is 0.155. The topological polar surface area (TPSA) is 152 Å². The van der Waals surface area contributed by atoms with Gasteiger partial charge in [0.2, 0.25) is 5.91 Å². The van der Waals surface area contributed by atoms with Gasteiger partial charge in [-0.15, -0.1) is 0 Å². The van der Waals surface area contributed by atoms with E-state index in [1.807, 2.05) is 24.3 Å². The summed E-state index contributed by atoms with van der Waals surface area (Å²) in [6, 6.07) is 24.9. The molecular weight excluding hydrogens is 570 g/mol. The molecule has 0 spiro atoms. The van der Waals surface area contributed by atoms with E-state index in [0.29, 0.717) is 34.6 Å². The van der Waals surface area contributed by atoms with Crippen molar-refractivity contribution in [2.75, 3.05) is 29.6 Å². The van der Waals surface area contributed by atoms with Gasteiger partial charge in [-0.1, -0.05) is 30.3 Å². The molecular formula is C31H29N5O6S. The SMILES string of the molecule is COc1ccc(CCC(=O)Nc2cccc(S(=O)(=O)Nc3nc4ccccc4nc3Nc3cc(O)cc(OC)c3)c2)cc1. The maximum Gasteiger partial charge on any atom is 0.263 e. The third-order valence-corrected chi connectivity index (χ3v) is 7.76. The number of sulfonamides is 1. The molecule has 0 aliphatic heterocycles. The lowest BCUT2D eigenvalue weighted by molar-refractivity contribution is -0.116. The van der Waals surface area contributed by atoms with E-state index in [1.165, 1.54) is 37.4 Å². The molecule has 12 heteroatoms. The average Bonchev–Trinajstić information content (AvgIpc) is 3.00. The van der Waals surface area contributed by atoms with Crippen LogP contribution in [0.15, 0.2) is 95.9 Å². The summed E-state index contributed by atoms with van der Waals surface area (Å²) in [7, 11) is -1.11. The summed E-state index contributed by atoms with van der Waals surface area (Å²) in [6.07, 6.45) is 0.722. The number of benzene rings is 4. The minimum absolute atomic E-state index is 0.0550. The van der Waals surface area contributed by atoms with E-state index in [-0.39, 0.29) is 34.6 Å². The number of hydrogen-bond acceptors (Lipinski definition) is 9. The fraction of sp³-hybridized carbons (Fsp3) is 0.129. The number of methoxy groups -OCH3 is 2. The Kier molecular flexibility index (Phi) is 8.58. The third-order valence-electron chi connectivity index (χ3n) is 6.42. The number of ether oxygens (including phenoxy) is 2. The highest BCUT2D eigenvalue weighted by atomic mass is 32.2. The van der Waals surface area contributed by atoms with Gasteiger partial charge in [-0.05, 0) is 54.4 Å². The maximum absolute atomic E-state index is 13.5. The number of phenolic OH excluding ortho intramolecular Hbond substituents is 1. The smallest absolute Gasteiger partial charge is 0.263 e. The Bertz CT molecular complexity index is 1880. The van der Waals surface area contributed by atoms with Gasteiger partial charge in [0, 0.05) is 36.0 Å². The average molecular weight is 600 g/mol. The molecule has 0 saturated carbocycles. The van der Waals surface area contributed by atoms with Gasteiger partial charge in [-0.3, -0.25) is 9.52 Å². The summed E-state index contributed by atoms with van der Waals surface area (Å²) in [4.78, 5) is 21.6. The molecule has 1 amide bonds. The lowest BCUT2D eigenvalue weighted by Gasteiger charge is -2.15. The highest BCUT2D eigenvalue weighted by Crippen LogP contribution is 2.31. The van der Waals surface area contributed by atoms with Crippen LogP contribution in [0.25, 0.3) is 11.0 Å². The first kappa shape index (κ1) is 29.1. The number of aryl methyl sites for hydroxylation is 1. The van der Waals surface area contributed by atoms with Crippen LogP contribution in [-0.4, -0.2) is 43.6 Å². The van der Waals surface area contributed by atoms with E-state index in [1.54, 1.807) is 43.5 Å². The number of hydrogen-bond donors (Lipinski definition) is 4. The van der Waals surface area contributed by atoms with Crippen LogP contribution in [0.1, 0.15) is 12.0 Å². The molecule has 0 aliphatic rings. The molecule has 4 N–H and O–H groups in total. The number of amides is 1. The summed E-state index contributed by atoms with van der Waals surface area (Å²) in [5.74, 6) is 0.860. The van der Waals surface area contributed by atoms with Crippen molar-refractivity contribution in [2.45, 2.75) is 17.7 Å². The zero-order chi connectivity index (χ0) is 30.4. The molecule has 5 aromatic rings. The van der Waals surface area contributed by atoms with Crippen molar-refractivity contribution >= 4 is 50.0 Å². The number of para-hydroxylation sites is 2. The van der Waals surface area contributed by atoms with Gasteiger partial charge >= 0.3 is 0 Å². The predicted octanol–water partition coefficient (Wildman–Crippen LogP) is 5.47. The van der Waals surface area contributed by atoms with Crippen LogP contribution in [0.2, 0.25) is 0 Å². The Balaban J connectivity index is 1.36. The fourth-order valence-electron chi connectivity index (χ4n) is 4.27. The van der Waals surface area contributed by atoms with Crippen molar-refractivity contribution < 1.29 is 27.8 Å². The van der Waals surface area contributed by atoms with Gasteiger partial charge in [0.05, 0.1) is 30.1 Å². The molecule has 4 aromatic carbocycles. The molecule has 0 saturated heterocycles. The van der Waals surface area contributed by atoms with Crippen molar-refractivity contribution in [3.8, 4) is 17.2 Å². The molecule has 0 aliphatic carbocycles. The summed E-state index contributed by atoms with van der Waals surface area (Å²) < 4.78 is 39.9. The number of phenols is 1. The Morgan fingerprint density at radius 3 is 2.19 bits per heavy atom. The Hall–Kier alpha value is -5.36. The van der Waals surface area contributed by atoms with Crippen LogP contribution in [0, 0.1) is 0 Å². The highest BCUT2D eigenvalue weighted by Gasteiger charge is 2.20. The first-order valence-electron chi connectivity index (χ1n) is 13.2. The number of aromatic hydroxyl groups is 1. The zero-order valence-electron chi connectivity index (χ0n) is 23.4. The lowest BCUT2D eigenvalue weighted by atomic mass is 10.1. The van der Waals surface area contributed by atoms with Crippen LogP contribution in [0.3, 0.4) is 0 Å². The molecule has 0 fully saturated rings. The predicted molar refractivity (Wildman–Crippen MR) is 165 cm³/mol. The number of fused-ring (bicyclic) bond motifs is 1. The Morgan fingerprint density at radius 1 is 0.791 bits per heavy atom. The van der Waals surface area contributed by atoms with Crippen molar-refractivity contribution in [3.05, 3.63) is 96.6 Å². The highest BCUT2D eigenvalue weighted by molar-refractivity contribution is 7.92. The third kappa shape index (κ3) is 7.29. The fourth-order valence-corrected chi connectivity index (χ4v) is 5.32. The molecule has 1 aromatic heterocycles. The molecule has 220 valence electrons. The first-order valence-corrected chi connectivity index (χ1v) is 14.7. The van der Waals surface area contributed by atoms with Crippen LogP contribution in [0.4, 0.5) is 23.0 Å². The molecule has 0 atom stereocenters. The minimum atomic E-state index is -4.17. The summed E-state index contributed by atoms with van der Waals surface area (Å²) in [5.41, 5.74) is 2.71. The maximum atomic E-state index is 13.5. The number of carbonyl (C=O) groups is 1. The summed E-state index contributed by atoms with van der Waals surface area (Å²) in [5, 5.41) is 15.9. The van der Waals surface area contributed by atoms with Gasteiger partial charge in [0.15, 0.2) is 11.6 Å². The monoisotopic (exact) mass is 599 g/mol. The van der Waals surface area contributed by atoms with E-state index in [2.05, 4.69) is 25.3 Å². The number of carbonyl (C=O) groups excluding carboxylic acids is 1. The van der Waals surface area contributed by atoms with E-state index in [4.69, 9.17) is 9.47 Å². The van der Waals surface area contributed by atoms with E-state index < -0.39 is 10.0 Å². The van der Waals surface area contributed by atoms with Crippen molar-refractivity contribution in [1.29, 1.82) is 0 Å². The van der Waals surface area contributed by atoms with Crippen LogP contribution in [0.5, 0.6) is 17.2 Å². The number of anilines is 4. The number of nitrogens with one attached hydrogen (secondary N) is 3. The number of aromatic nitrogens is 2. The Morgan fingerprint density at radius 2 is 1.49 bits per heavy atom. The van der Waals surface area contributed by atoms with E-state index in [0.717, 1.165) is 11.3 Å². The van der Waals surface area contributed by atoms with Crippen LogP contribution < -0.4 is 24.8 Å². The van der Waals surface area contributed by atoms with Crippen LogP contribution in [-0.2, 0) is 21.2 Å². The first-order chi connectivity index (χ1) is 20.7. The molecule has 43 heavy (non-hydrogen) atoms. The standard InChI is InChI=1S/C31H29N5O6S/c1-41-24-13-10-20(11-14-24)12-15-29(38)32-21-6-5-7-26(18-21)43(39,40)36-31-30(34-27-8-3-4-9-28(27)35-31)33-22-16-23(37)19-25(17-22)42-2/h3-11,13-14,16-19,37H,12,15H2,1-2H3,(H,32,38)(H,33,34)(H,35,36). The molecule has 0 unspecified atom stereocenters. The summed E-state index contributed by atoms with van der Waals surface area (Å²) >= 11 is 0.